The van der Waals surface area contributed by atoms with Crippen molar-refractivity contribution in [2.45, 2.75) is 20.3 Å². The van der Waals surface area contributed by atoms with Crippen molar-refractivity contribution in [3.63, 3.8) is 0 Å². The van der Waals surface area contributed by atoms with Gasteiger partial charge in [0.05, 0.1) is 18.5 Å². The summed E-state index contributed by atoms with van der Waals surface area (Å²) in [7, 11) is 0. The molecule has 0 aromatic carbocycles. The van der Waals surface area contributed by atoms with Gasteiger partial charge in [-0.25, -0.2) is 9.97 Å². The van der Waals surface area contributed by atoms with Crippen LogP contribution in [0.25, 0.3) is 11.3 Å². The minimum atomic E-state index is 0.260. The number of nitrogens with two attached hydrogens (primary N) is 1. The maximum Gasteiger partial charge on any atom is 0.220 e. The lowest BCUT2D eigenvalue weighted by Gasteiger charge is -2.08. The molecule has 0 unspecified atom stereocenters. The molecule has 0 fully saturated rings. The third-order valence-corrected chi connectivity index (χ3v) is 2.45. The van der Waals surface area contributed by atoms with Gasteiger partial charge in [0.1, 0.15) is 5.75 Å². The van der Waals surface area contributed by atoms with E-state index < -0.39 is 0 Å². The molecule has 0 amide bonds. The fourth-order valence-electron chi connectivity index (χ4n) is 1.60. The molecule has 94 valence electrons. The Labute approximate surface area is 106 Å². The zero-order chi connectivity index (χ0) is 13.0. The van der Waals surface area contributed by atoms with Gasteiger partial charge in [0.2, 0.25) is 5.95 Å². The van der Waals surface area contributed by atoms with Crippen LogP contribution in [0, 0.1) is 6.92 Å². The summed E-state index contributed by atoms with van der Waals surface area (Å²) in [5.41, 5.74) is 8.24. The highest BCUT2D eigenvalue weighted by atomic mass is 16.5. The Morgan fingerprint density at radius 1 is 1.28 bits per heavy atom. The Bertz CT molecular complexity index is 542. The van der Waals surface area contributed by atoms with Crippen LogP contribution in [0.2, 0.25) is 0 Å². The molecule has 2 heterocycles. The van der Waals surface area contributed by atoms with E-state index in [0.29, 0.717) is 6.61 Å². The number of pyridine rings is 1. The fraction of sp³-hybridized carbons (Fsp3) is 0.308. The van der Waals surface area contributed by atoms with Crippen molar-refractivity contribution in [3.05, 3.63) is 30.2 Å². The summed E-state index contributed by atoms with van der Waals surface area (Å²) in [4.78, 5) is 12.3. The monoisotopic (exact) mass is 244 g/mol. The normalized spacial score (nSPS) is 10.3. The molecule has 18 heavy (non-hydrogen) atoms. The van der Waals surface area contributed by atoms with E-state index >= 15 is 0 Å². The predicted molar refractivity (Wildman–Crippen MR) is 70.2 cm³/mol. The summed E-state index contributed by atoms with van der Waals surface area (Å²) in [6, 6.07) is 1.91. The standard InChI is InChI=1S/C13H16N4O/c1-3-4-18-11-5-10(7-15-8-11)12-9(2)6-16-13(14)17-12/h5-8H,3-4H2,1-2H3,(H2,14,16,17). The van der Waals surface area contributed by atoms with Crippen LogP contribution in [0.1, 0.15) is 18.9 Å². The SMILES string of the molecule is CCCOc1cncc(-c2nc(N)ncc2C)c1. The molecule has 0 aliphatic heterocycles. The third-order valence-electron chi connectivity index (χ3n) is 2.45. The van der Waals surface area contributed by atoms with Crippen molar-refractivity contribution in [3.8, 4) is 17.0 Å². The molecular weight excluding hydrogens is 228 g/mol. The van der Waals surface area contributed by atoms with Gasteiger partial charge in [0.15, 0.2) is 0 Å². The first-order valence-corrected chi connectivity index (χ1v) is 5.88. The molecule has 0 spiro atoms. The Hall–Kier alpha value is -2.17. The van der Waals surface area contributed by atoms with Crippen LogP contribution in [0.5, 0.6) is 5.75 Å². The van der Waals surface area contributed by atoms with Crippen LogP contribution >= 0.6 is 0 Å². The molecule has 0 aliphatic rings. The van der Waals surface area contributed by atoms with E-state index in [1.165, 1.54) is 0 Å². The van der Waals surface area contributed by atoms with Gasteiger partial charge in [-0.3, -0.25) is 4.98 Å². The number of rotatable bonds is 4. The average Bonchev–Trinajstić information content (AvgIpc) is 2.39. The second-order valence-corrected chi connectivity index (χ2v) is 4.02. The van der Waals surface area contributed by atoms with E-state index in [1.54, 1.807) is 18.6 Å². The summed E-state index contributed by atoms with van der Waals surface area (Å²) in [5, 5.41) is 0. The van der Waals surface area contributed by atoms with Crippen molar-refractivity contribution in [2.24, 2.45) is 0 Å². The third kappa shape index (κ3) is 2.74. The highest BCUT2D eigenvalue weighted by Crippen LogP contribution is 2.23. The Balaban J connectivity index is 2.35. The summed E-state index contributed by atoms with van der Waals surface area (Å²) >= 11 is 0. The van der Waals surface area contributed by atoms with E-state index in [-0.39, 0.29) is 5.95 Å². The molecule has 2 aromatic rings. The Morgan fingerprint density at radius 2 is 2.11 bits per heavy atom. The number of aromatic nitrogens is 3. The average molecular weight is 244 g/mol. The summed E-state index contributed by atoms with van der Waals surface area (Å²) in [6.07, 6.45) is 6.10. The van der Waals surface area contributed by atoms with Crippen molar-refractivity contribution in [1.82, 2.24) is 15.0 Å². The molecule has 2 aromatic heterocycles. The number of anilines is 1. The number of aryl methyl sites for hydroxylation is 1. The molecule has 5 heteroatoms. The van der Waals surface area contributed by atoms with Crippen molar-refractivity contribution in [1.29, 1.82) is 0 Å². The number of nitrogens with zero attached hydrogens (tertiary/aromatic N) is 3. The molecule has 0 bridgehead atoms. The highest BCUT2D eigenvalue weighted by Gasteiger charge is 2.07. The lowest BCUT2D eigenvalue weighted by atomic mass is 10.1. The molecule has 0 atom stereocenters. The van der Waals surface area contributed by atoms with E-state index in [2.05, 4.69) is 21.9 Å². The first-order valence-electron chi connectivity index (χ1n) is 5.88. The van der Waals surface area contributed by atoms with Crippen LogP contribution in [-0.4, -0.2) is 21.6 Å². The summed E-state index contributed by atoms with van der Waals surface area (Å²) < 4.78 is 5.55. The Kier molecular flexibility index (Phi) is 3.72. The highest BCUT2D eigenvalue weighted by molar-refractivity contribution is 5.63. The van der Waals surface area contributed by atoms with Crippen LogP contribution in [-0.2, 0) is 0 Å². The first kappa shape index (κ1) is 12.3. The molecule has 5 nitrogen and oxygen atoms in total. The molecule has 0 radical (unpaired) electrons. The van der Waals surface area contributed by atoms with Gasteiger partial charge in [0, 0.05) is 18.0 Å². The van der Waals surface area contributed by atoms with Gasteiger partial charge in [-0.15, -0.1) is 0 Å². The smallest absolute Gasteiger partial charge is 0.220 e. The van der Waals surface area contributed by atoms with Gasteiger partial charge in [-0.1, -0.05) is 6.92 Å². The molecule has 0 saturated heterocycles. The van der Waals surface area contributed by atoms with Gasteiger partial charge in [-0.2, -0.15) is 0 Å². The fourth-order valence-corrected chi connectivity index (χ4v) is 1.60. The number of hydrogen-bond acceptors (Lipinski definition) is 5. The predicted octanol–water partition coefficient (Wildman–Crippen LogP) is 2.22. The van der Waals surface area contributed by atoms with Crippen LogP contribution in [0.3, 0.4) is 0 Å². The van der Waals surface area contributed by atoms with Crippen molar-refractivity contribution in [2.75, 3.05) is 12.3 Å². The lowest BCUT2D eigenvalue weighted by Crippen LogP contribution is -1.99. The molecule has 0 aliphatic carbocycles. The van der Waals surface area contributed by atoms with E-state index in [4.69, 9.17) is 10.5 Å². The topological polar surface area (TPSA) is 73.9 Å². The van der Waals surface area contributed by atoms with Gasteiger partial charge >= 0.3 is 0 Å². The minimum Gasteiger partial charge on any atom is -0.492 e. The summed E-state index contributed by atoms with van der Waals surface area (Å²) in [5.74, 6) is 1.00. The number of hydrogen-bond donors (Lipinski definition) is 1. The maximum absolute atomic E-state index is 5.61. The van der Waals surface area contributed by atoms with E-state index in [9.17, 15) is 0 Å². The second-order valence-electron chi connectivity index (χ2n) is 4.02. The zero-order valence-electron chi connectivity index (χ0n) is 10.6. The second kappa shape index (κ2) is 5.44. The Morgan fingerprint density at radius 3 is 2.89 bits per heavy atom. The van der Waals surface area contributed by atoms with Gasteiger partial charge < -0.3 is 10.5 Å². The summed E-state index contributed by atoms with van der Waals surface area (Å²) in [6.45, 7) is 4.68. The van der Waals surface area contributed by atoms with Crippen molar-refractivity contribution >= 4 is 5.95 Å². The first-order chi connectivity index (χ1) is 8.70. The van der Waals surface area contributed by atoms with E-state index in [1.807, 2.05) is 13.0 Å². The van der Waals surface area contributed by atoms with Crippen LogP contribution < -0.4 is 10.5 Å². The van der Waals surface area contributed by atoms with E-state index in [0.717, 1.165) is 29.0 Å². The quantitative estimate of drug-likeness (QED) is 0.892. The maximum atomic E-state index is 5.61. The molecule has 0 saturated carbocycles. The van der Waals surface area contributed by atoms with Crippen LogP contribution in [0.15, 0.2) is 24.7 Å². The minimum absolute atomic E-state index is 0.260. The van der Waals surface area contributed by atoms with Crippen LogP contribution in [0.4, 0.5) is 5.95 Å². The molecule has 2 N–H and O–H groups in total. The largest absolute Gasteiger partial charge is 0.492 e. The van der Waals surface area contributed by atoms with Gasteiger partial charge in [-0.05, 0) is 25.0 Å². The molecule has 2 rings (SSSR count). The van der Waals surface area contributed by atoms with Gasteiger partial charge in [0.25, 0.3) is 0 Å². The molecular formula is C13H16N4O. The zero-order valence-corrected chi connectivity index (χ0v) is 10.6. The lowest BCUT2D eigenvalue weighted by molar-refractivity contribution is 0.316. The van der Waals surface area contributed by atoms with Crippen molar-refractivity contribution < 1.29 is 4.74 Å². The number of ether oxygens (including phenoxy) is 1. The number of nitrogen functional groups attached to an aromatic ring is 1.